The van der Waals surface area contributed by atoms with Crippen LogP contribution in [-0.4, -0.2) is 5.11 Å². The second kappa shape index (κ2) is 3.44. The summed E-state index contributed by atoms with van der Waals surface area (Å²) in [5.74, 6) is 0.146. The molecule has 1 N–H and O–H groups in total. The third-order valence-corrected chi connectivity index (χ3v) is 1.55. The Morgan fingerprint density at radius 3 is 2.27 bits per heavy atom. The molecule has 1 rings (SSSR count). The number of aliphatic hydroxyl groups is 1. The zero-order chi connectivity index (χ0) is 8.27. The van der Waals surface area contributed by atoms with Gasteiger partial charge in [-0.1, -0.05) is 41.9 Å². The molecule has 58 valence electrons. The Kier molecular flexibility index (Phi) is 2.55. The van der Waals surface area contributed by atoms with Crippen LogP contribution in [0.25, 0.3) is 5.76 Å². The van der Waals surface area contributed by atoms with Gasteiger partial charge in [-0.15, -0.1) is 0 Å². The van der Waals surface area contributed by atoms with Crippen LogP contribution in [0.2, 0.25) is 0 Å². The summed E-state index contributed by atoms with van der Waals surface area (Å²) >= 11 is 5.59. The lowest BCUT2D eigenvalue weighted by molar-refractivity contribution is 0.509. The number of aliphatic hydroxyl groups excluding tert-OH is 1. The highest BCUT2D eigenvalue weighted by Crippen LogP contribution is 2.16. The van der Waals surface area contributed by atoms with Crippen molar-refractivity contribution in [3.63, 3.8) is 0 Å². The summed E-state index contributed by atoms with van der Waals surface area (Å²) < 4.78 is 0. The molecule has 0 aliphatic heterocycles. The van der Waals surface area contributed by atoms with Gasteiger partial charge in [0.05, 0.1) is 5.03 Å². The molecule has 0 fully saturated rings. The van der Waals surface area contributed by atoms with Gasteiger partial charge in [0.25, 0.3) is 0 Å². The van der Waals surface area contributed by atoms with Gasteiger partial charge < -0.3 is 5.11 Å². The predicted molar refractivity (Wildman–Crippen MR) is 47.5 cm³/mol. The maximum atomic E-state index is 9.35. The molecule has 0 aliphatic rings. The standard InChI is InChI=1S/C9H9ClO/c1-7(10)9(11)8-5-3-2-4-6-8/h2-6,11H,1H3/b9-7-. The predicted octanol–water partition coefficient (Wildman–Crippen LogP) is 3.17. The van der Waals surface area contributed by atoms with Crippen LogP contribution in [0, 0.1) is 0 Å². The number of benzene rings is 1. The van der Waals surface area contributed by atoms with Gasteiger partial charge in [-0.3, -0.25) is 0 Å². The van der Waals surface area contributed by atoms with E-state index in [1.54, 1.807) is 19.1 Å². The SMILES string of the molecule is C/C(Cl)=C(/O)c1ccccc1. The normalized spacial score (nSPS) is 12.5. The molecule has 0 bridgehead atoms. The molecule has 0 saturated heterocycles. The van der Waals surface area contributed by atoms with Crippen LogP contribution in [0.3, 0.4) is 0 Å². The fourth-order valence-electron chi connectivity index (χ4n) is 0.795. The first kappa shape index (κ1) is 8.15. The van der Waals surface area contributed by atoms with Crippen molar-refractivity contribution in [2.24, 2.45) is 0 Å². The zero-order valence-electron chi connectivity index (χ0n) is 6.21. The first-order valence-electron chi connectivity index (χ1n) is 3.32. The number of rotatable bonds is 1. The van der Waals surface area contributed by atoms with E-state index in [-0.39, 0.29) is 5.76 Å². The molecule has 0 aliphatic carbocycles. The Bertz CT molecular complexity index is 260. The number of halogens is 1. The van der Waals surface area contributed by atoms with E-state index in [0.29, 0.717) is 5.03 Å². The summed E-state index contributed by atoms with van der Waals surface area (Å²) in [6.45, 7) is 1.66. The van der Waals surface area contributed by atoms with E-state index in [1.165, 1.54) is 0 Å². The minimum Gasteiger partial charge on any atom is -0.506 e. The minimum absolute atomic E-state index is 0.146. The summed E-state index contributed by atoms with van der Waals surface area (Å²) in [5, 5.41) is 9.76. The van der Waals surface area contributed by atoms with E-state index in [4.69, 9.17) is 11.6 Å². The summed E-state index contributed by atoms with van der Waals surface area (Å²) in [6, 6.07) is 9.21. The number of hydrogen-bond acceptors (Lipinski definition) is 1. The third kappa shape index (κ3) is 1.99. The molecule has 1 nitrogen and oxygen atoms in total. The van der Waals surface area contributed by atoms with Gasteiger partial charge in [0, 0.05) is 5.56 Å². The molecule has 0 saturated carbocycles. The maximum Gasteiger partial charge on any atom is 0.136 e. The van der Waals surface area contributed by atoms with Crippen LogP contribution in [0.1, 0.15) is 12.5 Å². The van der Waals surface area contributed by atoms with Crippen molar-refractivity contribution >= 4 is 17.4 Å². The van der Waals surface area contributed by atoms with Crippen molar-refractivity contribution in [3.05, 3.63) is 40.9 Å². The summed E-state index contributed by atoms with van der Waals surface area (Å²) in [5.41, 5.74) is 0.750. The minimum atomic E-state index is 0.146. The Balaban J connectivity index is 3.04. The molecule has 0 spiro atoms. The van der Waals surface area contributed by atoms with Crippen LogP contribution in [-0.2, 0) is 0 Å². The first-order chi connectivity index (χ1) is 5.22. The second-order valence-electron chi connectivity index (χ2n) is 2.25. The monoisotopic (exact) mass is 168 g/mol. The van der Waals surface area contributed by atoms with Gasteiger partial charge in [0.2, 0.25) is 0 Å². The van der Waals surface area contributed by atoms with Gasteiger partial charge in [-0.25, -0.2) is 0 Å². The molecule has 11 heavy (non-hydrogen) atoms. The smallest absolute Gasteiger partial charge is 0.136 e. The molecular weight excluding hydrogens is 160 g/mol. The molecule has 0 heterocycles. The number of hydrogen-bond donors (Lipinski definition) is 1. The van der Waals surface area contributed by atoms with E-state index in [9.17, 15) is 5.11 Å². The highest BCUT2D eigenvalue weighted by Gasteiger charge is 1.98. The third-order valence-electron chi connectivity index (χ3n) is 1.37. The quantitative estimate of drug-likeness (QED) is 0.639. The van der Waals surface area contributed by atoms with Gasteiger partial charge in [0.1, 0.15) is 5.76 Å². The van der Waals surface area contributed by atoms with Crippen LogP contribution < -0.4 is 0 Å². The maximum absolute atomic E-state index is 9.35. The summed E-state index contributed by atoms with van der Waals surface area (Å²) in [4.78, 5) is 0. The van der Waals surface area contributed by atoms with E-state index in [2.05, 4.69) is 0 Å². The molecule has 0 radical (unpaired) electrons. The topological polar surface area (TPSA) is 20.2 Å². The average Bonchev–Trinajstić information content (AvgIpc) is 2.05. The molecule has 1 aromatic carbocycles. The molecule has 0 amide bonds. The van der Waals surface area contributed by atoms with Crippen molar-refractivity contribution in [2.75, 3.05) is 0 Å². The zero-order valence-corrected chi connectivity index (χ0v) is 6.97. The number of allylic oxidation sites excluding steroid dienone is 1. The lowest BCUT2D eigenvalue weighted by Gasteiger charge is -1.99. The lowest BCUT2D eigenvalue weighted by Crippen LogP contribution is -1.82. The largest absolute Gasteiger partial charge is 0.506 e. The highest BCUT2D eigenvalue weighted by molar-refractivity contribution is 6.31. The van der Waals surface area contributed by atoms with E-state index in [1.807, 2.05) is 18.2 Å². The van der Waals surface area contributed by atoms with Gasteiger partial charge in [-0.2, -0.15) is 0 Å². The molecule has 0 unspecified atom stereocenters. The fraction of sp³-hybridized carbons (Fsp3) is 0.111. The van der Waals surface area contributed by atoms with Crippen molar-refractivity contribution in [1.82, 2.24) is 0 Å². The van der Waals surface area contributed by atoms with Crippen LogP contribution in [0.4, 0.5) is 0 Å². The first-order valence-corrected chi connectivity index (χ1v) is 3.70. The molecule has 2 heteroatoms. The molecular formula is C9H9ClO. The van der Waals surface area contributed by atoms with Gasteiger partial charge in [-0.05, 0) is 6.92 Å². The Morgan fingerprint density at radius 2 is 1.82 bits per heavy atom. The van der Waals surface area contributed by atoms with Gasteiger partial charge >= 0.3 is 0 Å². The molecule has 0 atom stereocenters. The van der Waals surface area contributed by atoms with Crippen molar-refractivity contribution in [2.45, 2.75) is 6.92 Å². The van der Waals surface area contributed by atoms with Crippen molar-refractivity contribution < 1.29 is 5.11 Å². The fourth-order valence-corrected chi connectivity index (χ4v) is 0.904. The second-order valence-corrected chi connectivity index (χ2v) is 2.82. The Labute approximate surface area is 70.9 Å². The van der Waals surface area contributed by atoms with Crippen molar-refractivity contribution in [1.29, 1.82) is 0 Å². The van der Waals surface area contributed by atoms with Crippen LogP contribution in [0.5, 0.6) is 0 Å². The van der Waals surface area contributed by atoms with Crippen molar-refractivity contribution in [3.8, 4) is 0 Å². The van der Waals surface area contributed by atoms with Crippen LogP contribution in [0.15, 0.2) is 35.4 Å². The highest BCUT2D eigenvalue weighted by atomic mass is 35.5. The Hall–Kier alpha value is -0.950. The van der Waals surface area contributed by atoms with Crippen LogP contribution >= 0.6 is 11.6 Å². The summed E-state index contributed by atoms with van der Waals surface area (Å²) in [6.07, 6.45) is 0. The average molecular weight is 169 g/mol. The lowest BCUT2D eigenvalue weighted by atomic mass is 10.2. The molecule has 0 aromatic heterocycles. The molecule has 1 aromatic rings. The van der Waals surface area contributed by atoms with E-state index < -0.39 is 0 Å². The Morgan fingerprint density at radius 1 is 1.27 bits per heavy atom. The summed E-state index contributed by atoms with van der Waals surface area (Å²) in [7, 11) is 0. The van der Waals surface area contributed by atoms with E-state index >= 15 is 0 Å². The van der Waals surface area contributed by atoms with E-state index in [0.717, 1.165) is 5.56 Å². The van der Waals surface area contributed by atoms with Gasteiger partial charge in [0.15, 0.2) is 0 Å².